The lowest BCUT2D eigenvalue weighted by Gasteiger charge is -2.28. The topological polar surface area (TPSA) is 157 Å². The van der Waals surface area contributed by atoms with Crippen molar-refractivity contribution in [2.24, 2.45) is 4.99 Å². The predicted octanol–water partition coefficient (Wildman–Crippen LogP) is 5.86. The van der Waals surface area contributed by atoms with Crippen LogP contribution in [0.15, 0.2) is 89.7 Å². The van der Waals surface area contributed by atoms with Gasteiger partial charge in [0.25, 0.3) is 0 Å². The van der Waals surface area contributed by atoms with Crippen molar-refractivity contribution in [1.82, 2.24) is 19.9 Å². The minimum absolute atomic E-state index is 0.0330. The highest BCUT2D eigenvalue weighted by molar-refractivity contribution is 6.32. The molecule has 5 rings (SSSR count). The number of hydrogen-bond acceptors (Lipinski definition) is 10. The van der Waals surface area contributed by atoms with Gasteiger partial charge in [-0.05, 0) is 52.4 Å². The van der Waals surface area contributed by atoms with Crippen LogP contribution in [-0.4, -0.2) is 74.3 Å². The number of carbonyl (C=O) groups excluding carboxylic acids is 1. The van der Waals surface area contributed by atoms with Crippen LogP contribution in [0.3, 0.4) is 0 Å². The third-order valence-electron chi connectivity index (χ3n) is 7.00. The maximum Gasteiger partial charge on any atom is 0.454 e. The van der Waals surface area contributed by atoms with Gasteiger partial charge in [0.2, 0.25) is 11.6 Å². The molecule has 1 aliphatic rings. The van der Waals surface area contributed by atoms with E-state index in [1.54, 1.807) is 44.6 Å². The quantitative estimate of drug-likeness (QED) is 0.0808. The number of anilines is 3. The molecule has 0 aliphatic carbocycles. The Morgan fingerprint density at radius 1 is 1.15 bits per heavy atom. The maximum absolute atomic E-state index is 13.1. The van der Waals surface area contributed by atoms with Crippen molar-refractivity contribution < 1.29 is 32.1 Å². The Labute approximate surface area is 276 Å². The van der Waals surface area contributed by atoms with E-state index in [1.165, 1.54) is 24.7 Å². The fraction of sp³-hybridized carbons (Fsp3) is 0.226. The average molecular weight is 683 g/mol. The van der Waals surface area contributed by atoms with Gasteiger partial charge < -0.3 is 30.0 Å². The molecule has 0 saturated heterocycles. The van der Waals surface area contributed by atoms with Crippen LogP contribution in [0, 0.1) is 10.1 Å². The smallest absolute Gasteiger partial charge is 0.454 e. The van der Waals surface area contributed by atoms with Crippen LogP contribution in [-0.2, 0) is 11.4 Å². The average Bonchev–Trinajstić information content (AvgIpc) is 3.45. The van der Waals surface area contributed by atoms with Gasteiger partial charge in [-0.3, -0.25) is 9.78 Å². The van der Waals surface area contributed by atoms with Crippen molar-refractivity contribution >= 4 is 51.4 Å². The molecule has 0 spiro atoms. The molecule has 1 aliphatic heterocycles. The zero-order chi connectivity index (χ0) is 34.5. The minimum atomic E-state index is -4.76. The normalized spacial score (nSPS) is 13.6. The summed E-state index contributed by atoms with van der Waals surface area (Å²) in [5, 5.41) is 18.1. The van der Waals surface area contributed by atoms with E-state index in [0.29, 0.717) is 33.2 Å². The van der Waals surface area contributed by atoms with Gasteiger partial charge in [-0.25, -0.2) is 15.0 Å². The van der Waals surface area contributed by atoms with Gasteiger partial charge in [0.1, 0.15) is 36.9 Å². The number of fused-ring (bicyclic) bond motifs is 1. The lowest BCUT2D eigenvalue weighted by atomic mass is 10.1. The van der Waals surface area contributed by atoms with Gasteiger partial charge in [-0.2, -0.15) is 13.2 Å². The Morgan fingerprint density at radius 3 is 2.67 bits per heavy atom. The van der Waals surface area contributed by atoms with E-state index in [9.17, 15) is 28.1 Å². The molecule has 1 aromatic carbocycles. The third kappa shape index (κ3) is 8.65. The molecule has 0 bridgehead atoms. The highest BCUT2D eigenvalue weighted by Crippen LogP contribution is 2.32. The first-order valence-corrected chi connectivity index (χ1v) is 14.7. The highest BCUT2D eigenvalue weighted by atomic mass is 35.5. The fourth-order valence-electron chi connectivity index (χ4n) is 4.78. The minimum Gasteiger partial charge on any atom is -0.486 e. The molecule has 3 aromatic heterocycles. The number of aliphatic imine (C=N–C) groups is 1. The van der Waals surface area contributed by atoms with Crippen LogP contribution in [0.5, 0.6) is 5.75 Å². The van der Waals surface area contributed by atoms with Crippen LogP contribution in [0.4, 0.5) is 30.5 Å². The molecule has 13 nitrogen and oxygen atoms in total. The number of likely N-dealkylation sites (N-methyl/N-ethyl adjacent to an activating group) is 1. The lowest BCUT2D eigenvalue weighted by molar-refractivity contribution is -0.880. The number of halogens is 4. The molecule has 1 amide bonds. The number of quaternary nitrogens is 1. The summed E-state index contributed by atoms with van der Waals surface area (Å²) in [6, 6.07) is 12.3. The number of nitro groups is 1. The number of rotatable bonds is 12. The van der Waals surface area contributed by atoms with Gasteiger partial charge >= 0.3 is 12.0 Å². The molecule has 0 atom stereocenters. The molecule has 4 aromatic rings. The number of nitrogens with one attached hydrogen (secondary N) is 2. The number of ether oxygens (including phenoxy) is 1. The maximum atomic E-state index is 13.1. The number of carbonyl (C=O) groups is 1. The third-order valence-corrected chi connectivity index (χ3v) is 7.29. The summed E-state index contributed by atoms with van der Waals surface area (Å²) < 4.78 is 45.2. The Morgan fingerprint density at radius 2 is 1.96 bits per heavy atom. The summed E-state index contributed by atoms with van der Waals surface area (Å²) in [5.74, 6) is -0.190. The molecule has 248 valence electrons. The van der Waals surface area contributed by atoms with Crippen LogP contribution in [0.25, 0.3) is 10.9 Å². The molecule has 0 fully saturated rings. The summed E-state index contributed by atoms with van der Waals surface area (Å²) in [6.07, 6.45) is 1.88. The number of aromatic nitrogens is 4. The second-order valence-electron chi connectivity index (χ2n) is 11.3. The SMILES string of the molecule is C[N+](C)(C/C=C/C(=O)Nc1cc2c(Nc3ccc(OCc4ccccn4)c(Cl)c3)ncnc2cn1)CC1=C([N+](=O)[O-])N=C(C(F)(F)F)C1. The van der Waals surface area contributed by atoms with Crippen LogP contribution in [0.1, 0.15) is 12.1 Å². The van der Waals surface area contributed by atoms with Crippen LogP contribution in [0.2, 0.25) is 5.02 Å². The number of alkyl halides is 3. The lowest BCUT2D eigenvalue weighted by Crippen LogP contribution is -2.42. The van der Waals surface area contributed by atoms with E-state index in [0.717, 1.165) is 5.69 Å². The number of pyridine rings is 2. The van der Waals surface area contributed by atoms with Crippen molar-refractivity contribution in [2.45, 2.75) is 19.2 Å². The van der Waals surface area contributed by atoms with Crippen molar-refractivity contribution in [2.75, 3.05) is 37.8 Å². The molecule has 48 heavy (non-hydrogen) atoms. The molecule has 2 N–H and O–H groups in total. The van der Waals surface area contributed by atoms with Crippen LogP contribution >= 0.6 is 11.6 Å². The standard InChI is InChI=1S/C31H27ClF3N9O4/c1-44(2,16-19-12-26(31(33,34)35)41-30(19)43(46)47)11-5-7-28(45)42-27-14-22-24(15-37-27)38-18-39-29(22)40-20-8-9-25(23(32)13-20)48-17-21-6-3-4-10-36-21/h3-10,13-15,18H,11-12,16-17H2,1-2H3,(H-,37,38,39,40,42,45)/p+1/b7-5+. The number of nitrogens with zero attached hydrogens (tertiary/aromatic N) is 7. The van der Waals surface area contributed by atoms with E-state index >= 15 is 0 Å². The van der Waals surface area contributed by atoms with E-state index < -0.39 is 35.0 Å². The Kier molecular flexibility index (Phi) is 9.95. The van der Waals surface area contributed by atoms with E-state index in [1.807, 2.05) is 18.2 Å². The van der Waals surface area contributed by atoms with Gasteiger partial charge in [-0.1, -0.05) is 17.7 Å². The first kappa shape index (κ1) is 33.9. The summed E-state index contributed by atoms with van der Waals surface area (Å²) in [5.41, 5.74) is 0.653. The van der Waals surface area contributed by atoms with Crippen molar-refractivity contribution in [3.8, 4) is 5.75 Å². The number of hydrogen-bond donors (Lipinski definition) is 2. The molecular weight excluding hydrogens is 655 g/mol. The Balaban J connectivity index is 1.21. The van der Waals surface area contributed by atoms with Gasteiger partial charge in [-0.15, -0.1) is 0 Å². The predicted molar refractivity (Wildman–Crippen MR) is 172 cm³/mol. The first-order chi connectivity index (χ1) is 22.8. The summed E-state index contributed by atoms with van der Waals surface area (Å²) in [4.78, 5) is 43.3. The zero-order valence-electron chi connectivity index (χ0n) is 25.5. The zero-order valence-corrected chi connectivity index (χ0v) is 26.3. The number of amides is 1. The summed E-state index contributed by atoms with van der Waals surface area (Å²) in [6.45, 7) is 0.368. The molecule has 17 heteroatoms. The van der Waals surface area contributed by atoms with Crippen molar-refractivity contribution in [3.05, 3.63) is 106 Å². The highest BCUT2D eigenvalue weighted by Gasteiger charge is 2.47. The van der Waals surface area contributed by atoms with E-state index in [4.69, 9.17) is 16.3 Å². The summed E-state index contributed by atoms with van der Waals surface area (Å²) >= 11 is 6.46. The summed E-state index contributed by atoms with van der Waals surface area (Å²) in [7, 11) is 3.35. The fourth-order valence-corrected chi connectivity index (χ4v) is 5.01. The van der Waals surface area contributed by atoms with E-state index in [2.05, 4.69) is 35.6 Å². The van der Waals surface area contributed by atoms with Gasteiger partial charge in [0, 0.05) is 23.3 Å². The molecule has 0 radical (unpaired) electrons. The monoisotopic (exact) mass is 682 g/mol. The molecular formula is C31H28ClF3N9O4+. The van der Waals surface area contributed by atoms with Gasteiger partial charge in [0.15, 0.2) is 0 Å². The van der Waals surface area contributed by atoms with Crippen molar-refractivity contribution in [1.29, 1.82) is 0 Å². The first-order valence-electron chi connectivity index (χ1n) is 14.3. The molecule has 0 saturated carbocycles. The largest absolute Gasteiger partial charge is 0.486 e. The van der Waals surface area contributed by atoms with Gasteiger partial charge in [0.05, 0.1) is 55.1 Å². The second kappa shape index (κ2) is 14.1. The molecule has 4 heterocycles. The molecule has 0 unspecified atom stereocenters. The van der Waals surface area contributed by atoms with E-state index in [-0.39, 0.29) is 35.6 Å². The Bertz CT molecular complexity index is 1950. The van der Waals surface area contributed by atoms with Crippen molar-refractivity contribution in [3.63, 3.8) is 0 Å². The second-order valence-corrected chi connectivity index (χ2v) is 11.7. The number of benzene rings is 1. The van der Waals surface area contributed by atoms with Crippen LogP contribution < -0.4 is 15.4 Å². The Hall–Kier alpha value is -5.48.